The Balaban J connectivity index is 2.17. The highest BCUT2D eigenvalue weighted by Gasteiger charge is 2.23. The fourth-order valence-corrected chi connectivity index (χ4v) is 1.74. The van der Waals surface area contributed by atoms with Crippen molar-refractivity contribution in [1.82, 2.24) is 10.2 Å². The van der Waals surface area contributed by atoms with Gasteiger partial charge in [0, 0.05) is 32.5 Å². The van der Waals surface area contributed by atoms with Gasteiger partial charge in [-0.15, -0.1) is 0 Å². The molecule has 17 heavy (non-hydrogen) atoms. The Hall–Kier alpha value is -1.06. The third kappa shape index (κ3) is 6.29. The first-order chi connectivity index (χ1) is 8.13. The van der Waals surface area contributed by atoms with Gasteiger partial charge in [-0.25, -0.2) is 0 Å². The van der Waals surface area contributed by atoms with Crippen LogP contribution in [0.25, 0.3) is 0 Å². The smallest absolute Gasteiger partial charge is 0.221 e. The predicted molar refractivity (Wildman–Crippen MR) is 67.6 cm³/mol. The van der Waals surface area contributed by atoms with Gasteiger partial charge in [0.1, 0.15) is 0 Å². The number of carbonyl (C=O) groups is 2. The van der Waals surface area contributed by atoms with Crippen LogP contribution in [0.15, 0.2) is 0 Å². The molecular weight excluding hydrogens is 216 g/mol. The molecule has 0 heterocycles. The maximum atomic E-state index is 11.5. The van der Waals surface area contributed by atoms with Gasteiger partial charge in [-0.05, 0) is 19.3 Å². The van der Waals surface area contributed by atoms with E-state index in [9.17, 15) is 9.59 Å². The number of nitrogens with zero attached hydrogens (tertiary/aromatic N) is 1. The number of unbranched alkanes of at least 4 members (excludes halogenated alkanes) is 2. The van der Waals surface area contributed by atoms with Crippen molar-refractivity contribution in [2.75, 3.05) is 13.1 Å². The Morgan fingerprint density at radius 1 is 1.24 bits per heavy atom. The van der Waals surface area contributed by atoms with Gasteiger partial charge < -0.3 is 10.2 Å². The summed E-state index contributed by atoms with van der Waals surface area (Å²) in [6.45, 7) is 5.05. The van der Waals surface area contributed by atoms with Crippen LogP contribution in [0.1, 0.15) is 52.4 Å². The van der Waals surface area contributed by atoms with Crippen LogP contribution < -0.4 is 5.32 Å². The summed E-state index contributed by atoms with van der Waals surface area (Å²) in [5.74, 6) is 0.148. The molecule has 1 aliphatic carbocycles. The first-order valence-electron chi connectivity index (χ1n) is 6.68. The van der Waals surface area contributed by atoms with Crippen LogP contribution in [0.5, 0.6) is 0 Å². The lowest BCUT2D eigenvalue weighted by molar-refractivity contribution is -0.129. The minimum absolute atomic E-state index is 0.0697. The first-order valence-corrected chi connectivity index (χ1v) is 6.68. The zero-order valence-electron chi connectivity index (χ0n) is 11.0. The molecule has 0 radical (unpaired) electrons. The monoisotopic (exact) mass is 240 g/mol. The maximum Gasteiger partial charge on any atom is 0.221 e. The molecule has 0 unspecified atom stereocenters. The van der Waals surface area contributed by atoms with Gasteiger partial charge in [-0.3, -0.25) is 9.59 Å². The lowest BCUT2D eigenvalue weighted by Crippen LogP contribution is -2.35. The molecular formula is C13H24N2O2. The molecule has 2 amide bonds. The molecule has 1 fully saturated rings. The van der Waals surface area contributed by atoms with Crippen LogP contribution in [-0.2, 0) is 9.59 Å². The summed E-state index contributed by atoms with van der Waals surface area (Å²) >= 11 is 0. The summed E-state index contributed by atoms with van der Waals surface area (Å²) in [7, 11) is 0. The average Bonchev–Trinajstić information content (AvgIpc) is 3.06. The van der Waals surface area contributed by atoms with Crippen molar-refractivity contribution >= 4 is 11.8 Å². The summed E-state index contributed by atoms with van der Waals surface area (Å²) in [6.07, 6.45) is 5.96. The Labute approximate surface area is 104 Å². The first kappa shape index (κ1) is 14.0. The Kier molecular flexibility index (Phi) is 6.01. The van der Waals surface area contributed by atoms with Gasteiger partial charge in [0.2, 0.25) is 11.8 Å². The molecule has 0 saturated heterocycles. The third-order valence-electron chi connectivity index (χ3n) is 3.03. The second-order valence-electron chi connectivity index (χ2n) is 4.80. The maximum absolute atomic E-state index is 11.5. The van der Waals surface area contributed by atoms with Gasteiger partial charge in [0.15, 0.2) is 0 Å². The summed E-state index contributed by atoms with van der Waals surface area (Å²) in [6, 6.07) is 0.411. The Morgan fingerprint density at radius 3 is 2.47 bits per heavy atom. The van der Waals surface area contributed by atoms with Crippen LogP contribution in [-0.4, -0.2) is 35.8 Å². The van der Waals surface area contributed by atoms with E-state index in [4.69, 9.17) is 0 Å². The van der Waals surface area contributed by atoms with Gasteiger partial charge in [-0.2, -0.15) is 0 Å². The van der Waals surface area contributed by atoms with Gasteiger partial charge in [0.25, 0.3) is 0 Å². The number of rotatable bonds is 8. The number of hydrogen-bond donors (Lipinski definition) is 1. The highest BCUT2D eigenvalue weighted by atomic mass is 16.2. The van der Waals surface area contributed by atoms with E-state index >= 15 is 0 Å². The number of hydrogen-bond acceptors (Lipinski definition) is 2. The van der Waals surface area contributed by atoms with E-state index in [2.05, 4.69) is 12.2 Å². The molecule has 0 spiro atoms. The molecule has 0 aromatic heterocycles. The summed E-state index contributed by atoms with van der Waals surface area (Å²) in [5, 5.41) is 2.94. The lowest BCUT2D eigenvalue weighted by Gasteiger charge is -2.20. The molecule has 4 heteroatoms. The van der Waals surface area contributed by atoms with E-state index in [1.54, 1.807) is 11.8 Å². The third-order valence-corrected chi connectivity index (χ3v) is 3.03. The fourth-order valence-electron chi connectivity index (χ4n) is 1.74. The van der Waals surface area contributed by atoms with Gasteiger partial charge in [-0.1, -0.05) is 19.8 Å². The topological polar surface area (TPSA) is 49.4 Å². The van der Waals surface area contributed by atoms with E-state index < -0.39 is 0 Å². The van der Waals surface area contributed by atoms with Crippen molar-refractivity contribution in [2.45, 2.75) is 58.4 Å². The van der Waals surface area contributed by atoms with Gasteiger partial charge >= 0.3 is 0 Å². The molecule has 0 bridgehead atoms. The van der Waals surface area contributed by atoms with Crippen molar-refractivity contribution in [1.29, 1.82) is 0 Å². The quantitative estimate of drug-likeness (QED) is 0.656. The predicted octanol–water partition coefficient (Wildman–Crippen LogP) is 1.69. The molecule has 0 aromatic carbocycles. The molecule has 1 saturated carbocycles. The molecule has 4 nitrogen and oxygen atoms in total. The fraction of sp³-hybridized carbons (Fsp3) is 0.846. The van der Waals surface area contributed by atoms with Crippen LogP contribution >= 0.6 is 0 Å². The zero-order valence-corrected chi connectivity index (χ0v) is 11.0. The van der Waals surface area contributed by atoms with E-state index in [0.717, 1.165) is 38.6 Å². The van der Waals surface area contributed by atoms with E-state index in [0.29, 0.717) is 19.0 Å². The standard InChI is InChI=1S/C13H24N2O2/c1-3-4-5-9-15(11(2)16)10-8-13(17)14-12-6-7-12/h12H,3-10H2,1-2H3,(H,14,17). The van der Waals surface area contributed by atoms with Crippen LogP contribution in [0.3, 0.4) is 0 Å². The van der Waals surface area contributed by atoms with E-state index in [1.165, 1.54) is 0 Å². The second-order valence-corrected chi connectivity index (χ2v) is 4.80. The molecule has 1 rings (SSSR count). The van der Waals surface area contributed by atoms with Crippen LogP contribution in [0, 0.1) is 0 Å². The molecule has 1 aliphatic rings. The van der Waals surface area contributed by atoms with Crippen molar-refractivity contribution in [3.63, 3.8) is 0 Å². The molecule has 0 atom stereocenters. The second kappa shape index (κ2) is 7.30. The highest BCUT2D eigenvalue weighted by molar-refractivity contribution is 5.78. The minimum atomic E-state index is 0.0697. The molecule has 98 valence electrons. The normalized spacial score (nSPS) is 14.5. The largest absolute Gasteiger partial charge is 0.353 e. The summed E-state index contributed by atoms with van der Waals surface area (Å²) in [5.41, 5.74) is 0. The van der Waals surface area contributed by atoms with Crippen molar-refractivity contribution < 1.29 is 9.59 Å². The summed E-state index contributed by atoms with van der Waals surface area (Å²) < 4.78 is 0. The van der Waals surface area contributed by atoms with E-state index in [-0.39, 0.29) is 11.8 Å². The zero-order chi connectivity index (χ0) is 12.7. The average molecular weight is 240 g/mol. The van der Waals surface area contributed by atoms with Crippen molar-refractivity contribution in [3.8, 4) is 0 Å². The minimum Gasteiger partial charge on any atom is -0.353 e. The van der Waals surface area contributed by atoms with Crippen molar-refractivity contribution in [2.24, 2.45) is 0 Å². The Bertz CT molecular complexity index is 262. The van der Waals surface area contributed by atoms with Gasteiger partial charge in [0.05, 0.1) is 0 Å². The number of carbonyl (C=O) groups excluding carboxylic acids is 2. The number of nitrogens with one attached hydrogen (secondary N) is 1. The van der Waals surface area contributed by atoms with Crippen molar-refractivity contribution in [3.05, 3.63) is 0 Å². The van der Waals surface area contributed by atoms with Crippen LogP contribution in [0.2, 0.25) is 0 Å². The molecule has 0 aromatic rings. The molecule has 0 aliphatic heterocycles. The molecule has 1 N–H and O–H groups in total. The number of amides is 2. The lowest BCUT2D eigenvalue weighted by atomic mass is 10.2. The summed E-state index contributed by atoms with van der Waals surface area (Å²) in [4.78, 5) is 24.7. The van der Waals surface area contributed by atoms with E-state index in [1.807, 2.05) is 0 Å². The highest BCUT2D eigenvalue weighted by Crippen LogP contribution is 2.18. The SMILES string of the molecule is CCCCCN(CCC(=O)NC1CC1)C(C)=O. The Morgan fingerprint density at radius 2 is 1.94 bits per heavy atom. The van der Waals surface area contributed by atoms with Crippen LogP contribution in [0.4, 0.5) is 0 Å².